The SMILES string of the molecule is CC[C@@H]1CN2CCC3=C(NC4CCCC(OC)C34)C2C[C@@H]1/C(=C\OC)C(=O)OC. The zero-order chi connectivity index (χ0) is 20.5. The molecule has 6 atom stereocenters. The molecule has 0 bridgehead atoms. The molecule has 0 radical (unpaired) electrons. The van der Waals surface area contributed by atoms with Gasteiger partial charge in [0.2, 0.25) is 0 Å². The van der Waals surface area contributed by atoms with Crippen molar-refractivity contribution >= 4 is 5.97 Å². The lowest BCUT2D eigenvalue weighted by molar-refractivity contribution is -0.137. The maximum Gasteiger partial charge on any atom is 0.337 e. The van der Waals surface area contributed by atoms with E-state index in [0.717, 1.165) is 38.8 Å². The van der Waals surface area contributed by atoms with Crippen molar-refractivity contribution in [2.45, 2.75) is 63.6 Å². The number of hydrogen-bond acceptors (Lipinski definition) is 6. The van der Waals surface area contributed by atoms with Crippen LogP contribution in [0.15, 0.2) is 23.1 Å². The van der Waals surface area contributed by atoms with E-state index in [4.69, 9.17) is 14.2 Å². The molecule has 162 valence electrons. The van der Waals surface area contributed by atoms with Gasteiger partial charge in [-0.1, -0.05) is 13.3 Å². The fraction of sp³-hybridized carbons (Fsp3) is 0.783. The first-order valence-electron chi connectivity index (χ1n) is 11.2. The molecular formula is C23H36N2O4. The predicted octanol–water partition coefficient (Wildman–Crippen LogP) is 2.85. The Morgan fingerprint density at radius 3 is 2.79 bits per heavy atom. The first-order chi connectivity index (χ1) is 14.1. The van der Waals surface area contributed by atoms with Crippen LogP contribution in [0.25, 0.3) is 0 Å². The second-order valence-corrected chi connectivity index (χ2v) is 8.99. The van der Waals surface area contributed by atoms with E-state index >= 15 is 0 Å². The van der Waals surface area contributed by atoms with Gasteiger partial charge in [-0.2, -0.15) is 0 Å². The van der Waals surface area contributed by atoms with Gasteiger partial charge >= 0.3 is 5.97 Å². The minimum absolute atomic E-state index is 0.156. The number of ether oxygens (including phenoxy) is 3. The summed E-state index contributed by atoms with van der Waals surface area (Å²) in [5.74, 6) is 0.844. The molecule has 0 amide bonds. The number of methoxy groups -OCH3 is 3. The Labute approximate surface area is 174 Å². The Hall–Kier alpha value is -1.53. The smallest absolute Gasteiger partial charge is 0.337 e. The van der Waals surface area contributed by atoms with Crippen molar-refractivity contribution in [2.24, 2.45) is 17.8 Å². The topological polar surface area (TPSA) is 60.0 Å². The summed E-state index contributed by atoms with van der Waals surface area (Å²) in [6.45, 7) is 4.35. The highest BCUT2D eigenvalue weighted by molar-refractivity contribution is 5.88. The lowest BCUT2D eigenvalue weighted by atomic mass is 9.72. The van der Waals surface area contributed by atoms with Gasteiger partial charge in [-0.15, -0.1) is 0 Å². The van der Waals surface area contributed by atoms with Crippen LogP contribution in [0.4, 0.5) is 0 Å². The number of nitrogens with zero attached hydrogens (tertiary/aromatic N) is 1. The number of carbonyl (C=O) groups is 1. The maximum absolute atomic E-state index is 12.5. The molecule has 4 unspecified atom stereocenters. The molecule has 0 aromatic heterocycles. The molecule has 1 saturated carbocycles. The first kappa shape index (κ1) is 20.7. The van der Waals surface area contributed by atoms with Gasteiger partial charge < -0.3 is 19.5 Å². The van der Waals surface area contributed by atoms with Crippen LogP contribution in [0.3, 0.4) is 0 Å². The summed E-state index contributed by atoms with van der Waals surface area (Å²) in [6.07, 6.45) is 8.67. The van der Waals surface area contributed by atoms with Crippen molar-refractivity contribution in [3.63, 3.8) is 0 Å². The second kappa shape index (κ2) is 8.68. The minimum atomic E-state index is -0.263. The van der Waals surface area contributed by atoms with E-state index in [0.29, 0.717) is 35.6 Å². The van der Waals surface area contributed by atoms with Crippen LogP contribution in [-0.4, -0.2) is 63.5 Å². The van der Waals surface area contributed by atoms with Gasteiger partial charge in [-0.05, 0) is 49.5 Å². The molecule has 3 heterocycles. The summed E-state index contributed by atoms with van der Waals surface area (Å²) in [7, 11) is 4.92. The van der Waals surface area contributed by atoms with Crippen LogP contribution >= 0.6 is 0 Å². The van der Waals surface area contributed by atoms with Crippen LogP contribution in [0.1, 0.15) is 45.4 Å². The highest BCUT2D eigenvalue weighted by Crippen LogP contribution is 2.47. The second-order valence-electron chi connectivity index (χ2n) is 8.99. The van der Waals surface area contributed by atoms with E-state index in [2.05, 4.69) is 17.1 Å². The molecular weight excluding hydrogens is 368 g/mol. The highest BCUT2D eigenvalue weighted by Gasteiger charge is 2.49. The van der Waals surface area contributed by atoms with E-state index in [-0.39, 0.29) is 11.9 Å². The Kier molecular flexibility index (Phi) is 6.21. The number of piperidine rings is 1. The lowest BCUT2D eigenvalue weighted by Gasteiger charge is -2.47. The molecule has 0 aromatic carbocycles. The number of rotatable bonds is 5. The largest absolute Gasteiger partial charge is 0.504 e. The summed E-state index contributed by atoms with van der Waals surface area (Å²) >= 11 is 0. The summed E-state index contributed by atoms with van der Waals surface area (Å²) in [6, 6.07) is 0.857. The molecule has 2 fully saturated rings. The van der Waals surface area contributed by atoms with Crippen LogP contribution in [0.2, 0.25) is 0 Å². The minimum Gasteiger partial charge on any atom is -0.504 e. The predicted molar refractivity (Wildman–Crippen MR) is 111 cm³/mol. The van der Waals surface area contributed by atoms with Gasteiger partial charge in [0.05, 0.1) is 38.2 Å². The van der Waals surface area contributed by atoms with Gasteiger partial charge in [0.1, 0.15) is 0 Å². The van der Waals surface area contributed by atoms with Crippen molar-refractivity contribution in [2.75, 3.05) is 34.4 Å². The van der Waals surface area contributed by atoms with Gasteiger partial charge in [0.15, 0.2) is 0 Å². The fourth-order valence-corrected chi connectivity index (χ4v) is 6.41. The zero-order valence-electron chi connectivity index (χ0n) is 18.3. The maximum atomic E-state index is 12.5. The molecule has 1 saturated heterocycles. The van der Waals surface area contributed by atoms with E-state index in [1.165, 1.54) is 25.6 Å². The van der Waals surface area contributed by atoms with Gasteiger partial charge in [-0.3, -0.25) is 4.90 Å². The lowest BCUT2D eigenvalue weighted by Crippen LogP contribution is -2.52. The van der Waals surface area contributed by atoms with Crippen molar-refractivity contribution in [3.8, 4) is 0 Å². The number of esters is 1. The third kappa shape index (κ3) is 3.59. The van der Waals surface area contributed by atoms with Gasteiger partial charge in [0, 0.05) is 37.9 Å². The van der Waals surface area contributed by atoms with Crippen LogP contribution in [0.5, 0.6) is 0 Å². The number of carbonyl (C=O) groups excluding carboxylic acids is 1. The average molecular weight is 405 g/mol. The van der Waals surface area contributed by atoms with Gasteiger partial charge in [-0.25, -0.2) is 4.79 Å². The van der Waals surface area contributed by atoms with Crippen LogP contribution in [-0.2, 0) is 19.0 Å². The number of fused-ring (bicyclic) bond motifs is 4. The molecule has 1 aliphatic carbocycles. The molecule has 4 aliphatic rings. The highest BCUT2D eigenvalue weighted by atomic mass is 16.5. The van der Waals surface area contributed by atoms with E-state index in [1.807, 2.05) is 7.11 Å². The third-order valence-electron chi connectivity index (χ3n) is 7.78. The van der Waals surface area contributed by atoms with Crippen molar-refractivity contribution in [1.82, 2.24) is 10.2 Å². The van der Waals surface area contributed by atoms with Crippen LogP contribution in [0, 0.1) is 17.8 Å². The average Bonchev–Trinajstić information content (AvgIpc) is 3.15. The number of hydrogen-bond donors (Lipinski definition) is 1. The van der Waals surface area contributed by atoms with E-state index in [1.54, 1.807) is 18.9 Å². The first-order valence-corrected chi connectivity index (χ1v) is 11.2. The van der Waals surface area contributed by atoms with E-state index in [9.17, 15) is 4.79 Å². The van der Waals surface area contributed by atoms with Crippen molar-refractivity contribution < 1.29 is 19.0 Å². The summed E-state index contributed by atoms with van der Waals surface area (Å²) in [5, 5.41) is 3.92. The molecule has 29 heavy (non-hydrogen) atoms. The summed E-state index contributed by atoms with van der Waals surface area (Å²) < 4.78 is 16.3. The zero-order valence-corrected chi connectivity index (χ0v) is 18.3. The normalized spacial score (nSPS) is 37.3. The Morgan fingerprint density at radius 1 is 1.28 bits per heavy atom. The summed E-state index contributed by atoms with van der Waals surface area (Å²) in [5.41, 5.74) is 3.70. The summed E-state index contributed by atoms with van der Waals surface area (Å²) in [4.78, 5) is 15.1. The Morgan fingerprint density at radius 2 is 2.10 bits per heavy atom. The molecule has 6 heteroatoms. The number of nitrogens with one attached hydrogen (secondary N) is 1. The Bertz CT molecular complexity index is 688. The molecule has 6 nitrogen and oxygen atoms in total. The standard InChI is InChI=1S/C23H36N2O4/c1-5-14-12-25-10-9-15-21-18(7-6-8-20(21)28-3)24-22(15)19(25)11-16(14)17(13-27-2)23(26)29-4/h13-14,16,18-21,24H,5-12H2,1-4H3/b17-13+/t14-,16+,18?,19?,20?,21?/m1/s1. The van der Waals surface area contributed by atoms with Gasteiger partial charge in [0.25, 0.3) is 0 Å². The third-order valence-corrected chi connectivity index (χ3v) is 7.78. The fourth-order valence-electron chi connectivity index (χ4n) is 6.41. The quantitative estimate of drug-likeness (QED) is 0.432. The molecule has 3 aliphatic heterocycles. The molecule has 0 spiro atoms. The van der Waals surface area contributed by atoms with Crippen molar-refractivity contribution in [1.29, 1.82) is 0 Å². The molecule has 1 N–H and O–H groups in total. The monoisotopic (exact) mass is 404 g/mol. The molecule has 4 rings (SSSR count). The Balaban J connectivity index is 1.64. The van der Waals surface area contributed by atoms with E-state index < -0.39 is 0 Å². The molecule has 0 aromatic rings. The van der Waals surface area contributed by atoms with Crippen molar-refractivity contribution in [3.05, 3.63) is 23.1 Å². The van der Waals surface area contributed by atoms with Crippen LogP contribution < -0.4 is 5.32 Å².